The van der Waals surface area contributed by atoms with Crippen molar-refractivity contribution in [1.82, 2.24) is 0 Å². The van der Waals surface area contributed by atoms with E-state index in [1.54, 1.807) is 0 Å². The van der Waals surface area contributed by atoms with Crippen LogP contribution in [0.4, 0.5) is 0 Å². The number of carbonyl (C=O) groups is 2. The average Bonchev–Trinajstić information content (AvgIpc) is 2.49. The third-order valence-electron chi connectivity index (χ3n) is 3.65. The summed E-state index contributed by atoms with van der Waals surface area (Å²) in [6.07, 6.45) is 14.0. The highest BCUT2D eigenvalue weighted by atomic mass is 16.5. The molecular formula is C18H32O4. The predicted molar refractivity (Wildman–Crippen MR) is 88.8 cm³/mol. The van der Waals surface area contributed by atoms with Crippen molar-refractivity contribution in [3.05, 3.63) is 12.2 Å². The van der Waals surface area contributed by atoms with Gasteiger partial charge in [0, 0.05) is 12.2 Å². The van der Waals surface area contributed by atoms with Crippen LogP contribution in [0.15, 0.2) is 12.2 Å². The molecule has 128 valence electrons. The maximum Gasteiger partial charge on any atom is 0.331 e. The fourth-order valence-electron chi connectivity index (χ4n) is 2.38. The van der Waals surface area contributed by atoms with Crippen LogP contribution >= 0.6 is 0 Å². The summed E-state index contributed by atoms with van der Waals surface area (Å²) in [6.45, 7) is 4.36. The number of esters is 1. The Labute approximate surface area is 134 Å². The van der Waals surface area contributed by atoms with E-state index in [1.807, 2.05) is 0 Å². The zero-order valence-corrected chi connectivity index (χ0v) is 14.2. The molecule has 0 rings (SSSR count). The quantitative estimate of drug-likeness (QED) is 0.282. The Kier molecular flexibility index (Phi) is 13.7. The molecule has 22 heavy (non-hydrogen) atoms. The minimum atomic E-state index is -1.13. The van der Waals surface area contributed by atoms with Gasteiger partial charge in [-0.05, 0) is 25.7 Å². The summed E-state index contributed by atoms with van der Waals surface area (Å²) in [6, 6.07) is 0. The van der Waals surface area contributed by atoms with Crippen molar-refractivity contribution >= 4 is 11.9 Å². The summed E-state index contributed by atoms with van der Waals surface area (Å²) >= 11 is 0. The molecule has 0 heterocycles. The van der Waals surface area contributed by atoms with Gasteiger partial charge in [-0.2, -0.15) is 0 Å². The van der Waals surface area contributed by atoms with Gasteiger partial charge in [0.05, 0.1) is 0 Å². The summed E-state index contributed by atoms with van der Waals surface area (Å²) in [5.41, 5.74) is 0. The second-order valence-corrected chi connectivity index (χ2v) is 5.78. The highest BCUT2D eigenvalue weighted by Crippen LogP contribution is 2.16. The number of carboxylic acids is 1. The van der Waals surface area contributed by atoms with Gasteiger partial charge >= 0.3 is 11.9 Å². The second-order valence-electron chi connectivity index (χ2n) is 5.78. The molecule has 0 saturated carbocycles. The van der Waals surface area contributed by atoms with E-state index in [9.17, 15) is 9.59 Å². The number of rotatable bonds is 14. The monoisotopic (exact) mass is 312 g/mol. The molecule has 0 fully saturated rings. The molecular weight excluding hydrogens is 280 g/mol. The summed E-state index contributed by atoms with van der Waals surface area (Å²) in [4.78, 5) is 22.0. The maximum atomic E-state index is 11.6. The molecule has 0 aliphatic carbocycles. The first-order valence-electron chi connectivity index (χ1n) is 8.71. The molecule has 0 aliphatic rings. The molecule has 0 spiro atoms. The van der Waals surface area contributed by atoms with Gasteiger partial charge in [-0.3, -0.25) is 0 Å². The molecule has 0 bridgehead atoms. The van der Waals surface area contributed by atoms with Gasteiger partial charge in [0.1, 0.15) is 6.10 Å². The van der Waals surface area contributed by atoms with E-state index in [4.69, 9.17) is 9.84 Å². The number of carbonyl (C=O) groups excluding carboxylic acids is 1. The lowest BCUT2D eigenvalue weighted by Gasteiger charge is -2.17. The average molecular weight is 312 g/mol. The van der Waals surface area contributed by atoms with Crippen molar-refractivity contribution in [2.75, 3.05) is 0 Å². The number of carboxylic acid groups (broad SMARTS) is 1. The van der Waals surface area contributed by atoms with Crippen LogP contribution in [0.25, 0.3) is 0 Å². The van der Waals surface area contributed by atoms with Gasteiger partial charge in [0.25, 0.3) is 0 Å². The van der Waals surface area contributed by atoms with Crippen LogP contribution in [-0.4, -0.2) is 23.1 Å². The minimum absolute atomic E-state index is 0.0792. The first kappa shape index (κ1) is 20.7. The highest BCUT2D eigenvalue weighted by molar-refractivity contribution is 5.90. The van der Waals surface area contributed by atoms with Gasteiger partial charge in [0.15, 0.2) is 0 Å². The standard InChI is InChI=1S/C18H32O4/c1-3-5-7-9-11-13-16(12-10-8-6-4-2)22-18(21)15-14-17(19)20/h14-16H,3-13H2,1-2H3,(H,19,20)/b15-14-. The van der Waals surface area contributed by atoms with Gasteiger partial charge in [0.2, 0.25) is 0 Å². The van der Waals surface area contributed by atoms with Crippen LogP contribution in [-0.2, 0) is 14.3 Å². The summed E-state index contributed by atoms with van der Waals surface area (Å²) < 4.78 is 5.40. The number of aliphatic carboxylic acids is 1. The van der Waals surface area contributed by atoms with E-state index in [0.717, 1.165) is 44.3 Å². The number of hydrogen-bond donors (Lipinski definition) is 1. The predicted octanol–water partition coefficient (Wildman–Crippen LogP) is 4.87. The van der Waals surface area contributed by atoms with Gasteiger partial charge < -0.3 is 9.84 Å². The largest absolute Gasteiger partial charge is 0.478 e. The van der Waals surface area contributed by atoms with Crippen molar-refractivity contribution in [3.8, 4) is 0 Å². The lowest BCUT2D eigenvalue weighted by atomic mass is 10.0. The van der Waals surface area contributed by atoms with E-state index < -0.39 is 11.9 Å². The smallest absolute Gasteiger partial charge is 0.331 e. The van der Waals surface area contributed by atoms with Gasteiger partial charge in [-0.15, -0.1) is 0 Å². The molecule has 0 aliphatic heterocycles. The summed E-state index contributed by atoms with van der Waals surface area (Å²) in [5.74, 6) is -1.67. The van der Waals surface area contributed by atoms with Crippen molar-refractivity contribution < 1.29 is 19.4 Å². The number of unbranched alkanes of at least 4 members (excludes halogenated alkanes) is 7. The third-order valence-corrected chi connectivity index (χ3v) is 3.65. The SMILES string of the molecule is CCCCCCCC(CCCCCC)OC(=O)/C=C\C(=O)O. The second kappa shape index (κ2) is 14.6. The zero-order chi connectivity index (χ0) is 16.6. The van der Waals surface area contributed by atoms with Gasteiger partial charge in [-0.1, -0.05) is 58.8 Å². The zero-order valence-electron chi connectivity index (χ0n) is 14.2. The van der Waals surface area contributed by atoms with Crippen molar-refractivity contribution in [2.24, 2.45) is 0 Å². The molecule has 0 aromatic rings. The van der Waals surface area contributed by atoms with Crippen LogP contribution in [0.5, 0.6) is 0 Å². The molecule has 0 radical (unpaired) electrons. The molecule has 0 aromatic heterocycles. The Balaban J connectivity index is 4.13. The van der Waals surface area contributed by atoms with E-state index in [1.165, 1.54) is 38.5 Å². The fraction of sp³-hybridized carbons (Fsp3) is 0.778. The van der Waals surface area contributed by atoms with Crippen molar-refractivity contribution in [1.29, 1.82) is 0 Å². The number of ether oxygens (including phenoxy) is 1. The summed E-state index contributed by atoms with van der Waals surface area (Å²) in [7, 11) is 0. The molecule has 1 atom stereocenters. The topological polar surface area (TPSA) is 63.6 Å². The molecule has 4 heteroatoms. The fourth-order valence-corrected chi connectivity index (χ4v) is 2.38. The van der Waals surface area contributed by atoms with Gasteiger partial charge in [-0.25, -0.2) is 9.59 Å². The first-order chi connectivity index (χ1) is 10.6. The molecule has 0 aromatic carbocycles. The molecule has 0 saturated heterocycles. The van der Waals surface area contributed by atoms with E-state index in [-0.39, 0.29) is 6.10 Å². The third kappa shape index (κ3) is 13.7. The number of hydrogen-bond acceptors (Lipinski definition) is 3. The van der Waals surface area contributed by atoms with E-state index in [0.29, 0.717) is 0 Å². The maximum absolute atomic E-state index is 11.6. The van der Waals surface area contributed by atoms with Crippen LogP contribution in [0, 0.1) is 0 Å². The summed E-state index contributed by atoms with van der Waals surface area (Å²) in [5, 5.41) is 8.53. The molecule has 4 nitrogen and oxygen atoms in total. The van der Waals surface area contributed by atoms with Crippen molar-refractivity contribution in [2.45, 2.75) is 90.6 Å². The minimum Gasteiger partial charge on any atom is -0.478 e. The lowest BCUT2D eigenvalue weighted by Crippen LogP contribution is -2.17. The Morgan fingerprint density at radius 2 is 1.36 bits per heavy atom. The molecule has 0 amide bonds. The Morgan fingerprint density at radius 3 is 1.86 bits per heavy atom. The lowest BCUT2D eigenvalue weighted by molar-refractivity contribution is -0.144. The van der Waals surface area contributed by atoms with Crippen molar-refractivity contribution in [3.63, 3.8) is 0 Å². The first-order valence-corrected chi connectivity index (χ1v) is 8.71. The van der Waals surface area contributed by atoms with E-state index in [2.05, 4.69) is 13.8 Å². The van der Waals surface area contributed by atoms with Crippen LogP contribution < -0.4 is 0 Å². The van der Waals surface area contributed by atoms with E-state index >= 15 is 0 Å². The normalized spacial score (nSPS) is 12.5. The van der Waals surface area contributed by atoms with Crippen LogP contribution in [0.2, 0.25) is 0 Å². The molecule has 1 N–H and O–H groups in total. The molecule has 1 unspecified atom stereocenters. The highest BCUT2D eigenvalue weighted by Gasteiger charge is 2.12. The van der Waals surface area contributed by atoms with Crippen LogP contribution in [0.1, 0.15) is 84.5 Å². The Bertz CT molecular complexity index is 323. The van der Waals surface area contributed by atoms with Crippen LogP contribution in [0.3, 0.4) is 0 Å². The Hall–Kier alpha value is -1.32. The Morgan fingerprint density at radius 1 is 0.864 bits per heavy atom.